The molecule has 21 heavy (non-hydrogen) atoms. The van der Waals surface area contributed by atoms with E-state index in [9.17, 15) is 4.79 Å². The highest BCUT2D eigenvalue weighted by atomic mass is 35.5. The molecule has 1 aromatic carbocycles. The third-order valence-electron chi connectivity index (χ3n) is 3.27. The van der Waals surface area contributed by atoms with Crippen LogP contribution >= 0.6 is 11.6 Å². The number of rotatable bonds is 4. The number of anilines is 1. The van der Waals surface area contributed by atoms with Gasteiger partial charge in [0.05, 0.1) is 30.1 Å². The van der Waals surface area contributed by atoms with Crippen LogP contribution in [0.4, 0.5) is 5.69 Å². The highest BCUT2D eigenvalue weighted by Crippen LogP contribution is 2.18. The van der Waals surface area contributed by atoms with Gasteiger partial charge < -0.3 is 4.90 Å². The molecule has 0 spiro atoms. The van der Waals surface area contributed by atoms with Crippen molar-refractivity contribution in [3.63, 3.8) is 0 Å². The summed E-state index contributed by atoms with van der Waals surface area (Å²) in [6.45, 7) is 3.08. The summed E-state index contributed by atoms with van der Waals surface area (Å²) >= 11 is 6.11. The average molecular weight is 303 g/mol. The van der Waals surface area contributed by atoms with Crippen molar-refractivity contribution >= 4 is 17.3 Å². The van der Waals surface area contributed by atoms with Crippen LogP contribution < -0.4 is 10.5 Å². The van der Waals surface area contributed by atoms with Gasteiger partial charge in [0.15, 0.2) is 0 Å². The van der Waals surface area contributed by atoms with E-state index in [0.29, 0.717) is 10.6 Å². The minimum Gasteiger partial charge on any atom is -0.373 e. The van der Waals surface area contributed by atoms with E-state index in [1.165, 1.54) is 4.68 Å². The molecule has 6 heteroatoms. The maximum atomic E-state index is 12.1. The van der Waals surface area contributed by atoms with E-state index >= 15 is 0 Å². The van der Waals surface area contributed by atoms with Gasteiger partial charge in [-0.25, -0.2) is 4.68 Å². The van der Waals surface area contributed by atoms with Crippen molar-refractivity contribution in [2.24, 2.45) is 0 Å². The SMILES string of the molecule is CCN(C)c1cnn(Cc2ccc(C#N)cc2Cl)c(=O)c1. The summed E-state index contributed by atoms with van der Waals surface area (Å²) in [5.74, 6) is 0. The minimum absolute atomic E-state index is 0.187. The van der Waals surface area contributed by atoms with Gasteiger partial charge in [0.1, 0.15) is 0 Å². The van der Waals surface area contributed by atoms with Crippen LogP contribution in [0, 0.1) is 11.3 Å². The molecule has 108 valence electrons. The van der Waals surface area contributed by atoms with Gasteiger partial charge in [-0.3, -0.25) is 4.79 Å². The molecule has 0 aliphatic rings. The molecule has 0 saturated heterocycles. The maximum absolute atomic E-state index is 12.1. The predicted molar refractivity (Wildman–Crippen MR) is 82.7 cm³/mol. The Hall–Kier alpha value is -2.32. The largest absolute Gasteiger partial charge is 0.373 e. The van der Waals surface area contributed by atoms with Gasteiger partial charge in [0.2, 0.25) is 0 Å². The number of hydrogen-bond donors (Lipinski definition) is 0. The molecule has 2 rings (SSSR count). The molecule has 0 atom stereocenters. The lowest BCUT2D eigenvalue weighted by molar-refractivity contribution is 0.637. The van der Waals surface area contributed by atoms with Crippen LogP contribution in [0.15, 0.2) is 35.3 Å². The summed E-state index contributed by atoms with van der Waals surface area (Å²) in [5.41, 5.74) is 1.84. The zero-order chi connectivity index (χ0) is 15.4. The van der Waals surface area contributed by atoms with Crippen LogP contribution in [0.25, 0.3) is 0 Å². The lowest BCUT2D eigenvalue weighted by Crippen LogP contribution is -2.26. The first kappa shape index (κ1) is 15.1. The van der Waals surface area contributed by atoms with Crippen LogP contribution in [0.1, 0.15) is 18.1 Å². The van der Waals surface area contributed by atoms with Crippen LogP contribution in [0.3, 0.4) is 0 Å². The van der Waals surface area contributed by atoms with E-state index in [-0.39, 0.29) is 12.1 Å². The molecule has 1 heterocycles. The summed E-state index contributed by atoms with van der Waals surface area (Å²) in [6.07, 6.45) is 1.66. The number of benzene rings is 1. The average Bonchev–Trinajstić information content (AvgIpc) is 2.50. The third kappa shape index (κ3) is 3.41. The van der Waals surface area contributed by atoms with Crippen LogP contribution in [0.2, 0.25) is 5.02 Å². The third-order valence-corrected chi connectivity index (χ3v) is 3.62. The lowest BCUT2D eigenvalue weighted by Gasteiger charge is -2.16. The van der Waals surface area contributed by atoms with Crippen molar-refractivity contribution in [1.29, 1.82) is 5.26 Å². The second kappa shape index (κ2) is 6.42. The Labute approximate surface area is 128 Å². The van der Waals surface area contributed by atoms with E-state index in [2.05, 4.69) is 5.10 Å². The van der Waals surface area contributed by atoms with E-state index < -0.39 is 0 Å². The van der Waals surface area contributed by atoms with Crippen molar-refractivity contribution in [2.45, 2.75) is 13.5 Å². The fraction of sp³-hybridized carbons (Fsp3) is 0.267. The molecule has 0 fully saturated rings. The summed E-state index contributed by atoms with van der Waals surface area (Å²) in [6, 6.07) is 8.57. The number of halogens is 1. The van der Waals surface area contributed by atoms with Crippen LogP contribution in [-0.2, 0) is 6.54 Å². The quantitative estimate of drug-likeness (QED) is 0.869. The van der Waals surface area contributed by atoms with Crippen LogP contribution in [-0.4, -0.2) is 23.4 Å². The maximum Gasteiger partial charge on any atom is 0.269 e. The van der Waals surface area contributed by atoms with Gasteiger partial charge in [0.25, 0.3) is 5.56 Å². The Morgan fingerprint density at radius 2 is 2.19 bits per heavy atom. The fourth-order valence-corrected chi connectivity index (χ4v) is 2.08. The molecule has 0 N–H and O–H groups in total. The number of nitriles is 1. The number of nitrogens with zero attached hydrogens (tertiary/aromatic N) is 4. The monoisotopic (exact) mass is 302 g/mol. The van der Waals surface area contributed by atoms with Crippen molar-refractivity contribution in [3.05, 3.63) is 57.0 Å². The molecule has 0 aliphatic heterocycles. The smallest absolute Gasteiger partial charge is 0.269 e. The van der Waals surface area contributed by atoms with E-state index in [4.69, 9.17) is 16.9 Å². The van der Waals surface area contributed by atoms with Crippen molar-refractivity contribution < 1.29 is 0 Å². The summed E-state index contributed by atoms with van der Waals surface area (Å²) in [5, 5.41) is 13.4. The van der Waals surface area contributed by atoms with Gasteiger partial charge in [-0.15, -0.1) is 0 Å². The summed E-state index contributed by atoms with van der Waals surface area (Å²) in [4.78, 5) is 14.0. The van der Waals surface area contributed by atoms with E-state index in [0.717, 1.165) is 17.8 Å². The first-order chi connectivity index (χ1) is 10.0. The standard InChI is InChI=1S/C15H15ClN4O/c1-3-19(2)13-7-15(21)20(18-9-13)10-12-5-4-11(8-17)6-14(12)16/h4-7,9H,3,10H2,1-2H3. The Kier molecular flexibility index (Phi) is 4.61. The molecule has 0 radical (unpaired) electrons. The summed E-state index contributed by atoms with van der Waals surface area (Å²) < 4.78 is 1.35. The highest BCUT2D eigenvalue weighted by molar-refractivity contribution is 6.31. The molecule has 5 nitrogen and oxygen atoms in total. The van der Waals surface area contributed by atoms with E-state index in [1.807, 2.05) is 24.9 Å². The Balaban J connectivity index is 2.29. The molecule has 0 amide bonds. The molecule has 0 aliphatic carbocycles. The van der Waals surface area contributed by atoms with Gasteiger partial charge in [-0.05, 0) is 24.6 Å². The zero-order valence-corrected chi connectivity index (χ0v) is 12.6. The minimum atomic E-state index is -0.187. The Morgan fingerprint density at radius 1 is 1.43 bits per heavy atom. The van der Waals surface area contributed by atoms with Gasteiger partial charge in [-0.2, -0.15) is 10.4 Å². The van der Waals surface area contributed by atoms with Crippen molar-refractivity contribution in [1.82, 2.24) is 9.78 Å². The zero-order valence-electron chi connectivity index (χ0n) is 11.9. The van der Waals surface area contributed by atoms with E-state index in [1.54, 1.807) is 30.5 Å². The second-order valence-electron chi connectivity index (χ2n) is 4.64. The molecule has 0 bridgehead atoms. The molecular formula is C15H15ClN4O. The molecule has 0 saturated carbocycles. The van der Waals surface area contributed by atoms with Gasteiger partial charge in [0, 0.05) is 24.7 Å². The molecular weight excluding hydrogens is 288 g/mol. The first-order valence-corrected chi connectivity index (χ1v) is 6.89. The molecule has 1 aromatic heterocycles. The highest BCUT2D eigenvalue weighted by Gasteiger charge is 2.07. The Morgan fingerprint density at radius 3 is 2.76 bits per heavy atom. The fourth-order valence-electron chi connectivity index (χ4n) is 1.84. The van der Waals surface area contributed by atoms with Crippen LogP contribution in [0.5, 0.6) is 0 Å². The van der Waals surface area contributed by atoms with Crippen molar-refractivity contribution in [3.8, 4) is 6.07 Å². The first-order valence-electron chi connectivity index (χ1n) is 6.52. The number of aromatic nitrogens is 2. The molecule has 0 unspecified atom stereocenters. The molecule has 2 aromatic rings. The van der Waals surface area contributed by atoms with Gasteiger partial charge in [-0.1, -0.05) is 17.7 Å². The Bertz CT molecular complexity index is 748. The number of hydrogen-bond acceptors (Lipinski definition) is 4. The second-order valence-corrected chi connectivity index (χ2v) is 5.05. The van der Waals surface area contributed by atoms with Crippen molar-refractivity contribution in [2.75, 3.05) is 18.5 Å². The summed E-state index contributed by atoms with van der Waals surface area (Å²) in [7, 11) is 1.90. The normalized spacial score (nSPS) is 10.2. The predicted octanol–water partition coefficient (Wildman–Crippen LogP) is 2.27. The lowest BCUT2D eigenvalue weighted by atomic mass is 10.1. The topological polar surface area (TPSA) is 61.9 Å². The van der Waals surface area contributed by atoms with Gasteiger partial charge >= 0.3 is 0 Å².